The van der Waals surface area contributed by atoms with Crippen molar-refractivity contribution in [3.05, 3.63) is 29.0 Å². The number of sulfonamides is 1. The summed E-state index contributed by atoms with van der Waals surface area (Å²) in [5, 5.41) is 7.85. The SMILES string of the molecule is CCCc1cc([C@H]2CCCN2S(=O)(=O)c2c(C)noc2C)no1. The second-order valence-electron chi connectivity index (χ2n) is 5.90. The molecule has 126 valence electrons. The van der Waals surface area contributed by atoms with Crippen molar-refractivity contribution in [1.82, 2.24) is 14.6 Å². The zero-order chi connectivity index (χ0) is 16.6. The van der Waals surface area contributed by atoms with E-state index in [9.17, 15) is 8.42 Å². The highest BCUT2D eigenvalue weighted by Crippen LogP contribution is 2.37. The molecule has 0 N–H and O–H groups in total. The molecule has 1 aliphatic rings. The first-order valence-corrected chi connectivity index (χ1v) is 9.29. The van der Waals surface area contributed by atoms with Crippen LogP contribution in [0.4, 0.5) is 0 Å². The van der Waals surface area contributed by atoms with Crippen LogP contribution in [0.2, 0.25) is 0 Å². The van der Waals surface area contributed by atoms with Gasteiger partial charge < -0.3 is 9.05 Å². The van der Waals surface area contributed by atoms with Gasteiger partial charge in [0.1, 0.15) is 22.0 Å². The molecule has 0 spiro atoms. The number of rotatable bonds is 5. The summed E-state index contributed by atoms with van der Waals surface area (Å²) < 4.78 is 37.9. The molecular weight excluding hydrogens is 318 g/mol. The predicted molar refractivity (Wildman–Crippen MR) is 82.3 cm³/mol. The molecule has 2 aromatic heterocycles. The van der Waals surface area contributed by atoms with E-state index in [0.29, 0.717) is 23.7 Å². The topological polar surface area (TPSA) is 89.4 Å². The van der Waals surface area contributed by atoms with Gasteiger partial charge in [-0.05, 0) is 33.1 Å². The van der Waals surface area contributed by atoms with E-state index in [4.69, 9.17) is 9.05 Å². The van der Waals surface area contributed by atoms with Crippen molar-refractivity contribution < 1.29 is 17.5 Å². The maximum absolute atomic E-state index is 13.0. The fourth-order valence-electron chi connectivity index (χ4n) is 3.13. The monoisotopic (exact) mass is 339 g/mol. The van der Waals surface area contributed by atoms with Crippen LogP contribution in [-0.2, 0) is 16.4 Å². The fourth-order valence-corrected chi connectivity index (χ4v) is 5.10. The molecule has 23 heavy (non-hydrogen) atoms. The minimum absolute atomic E-state index is 0.168. The Bertz CT molecular complexity index is 774. The molecule has 0 bridgehead atoms. The molecule has 0 saturated carbocycles. The van der Waals surface area contributed by atoms with Gasteiger partial charge in [0.05, 0.1) is 6.04 Å². The minimum atomic E-state index is -3.66. The van der Waals surface area contributed by atoms with Gasteiger partial charge in [0.15, 0.2) is 5.76 Å². The lowest BCUT2D eigenvalue weighted by Crippen LogP contribution is -2.31. The highest BCUT2D eigenvalue weighted by Gasteiger charge is 2.40. The average molecular weight is 339 g/mol. The summed E-state index contributed by atoms with van der Waals surface area (Å²) in [4.78, 5) is 0.168. The molecule has 0 amide bonds. The van der Waals surface area contributed by atoms with Crippen molar-refractivity contribution >= 4 is 10.0 Å². The highest BCUT2D eigenvalue weighted by molar-refractivity contribution is 7.89. The van der Waals surface area contributed by atoms with Crippen LogP contribution in [0, 0.1) is 13.8 Å². The van der Waals surface area contributed by atoms with E-state index in [2.05, 4.69) is 17.2 Å². The van der Waals surface area contributed by atoms with Gasteiger partial charge in [-0.1, -0.05) is 17.2 Å². The normalized spacial score (nSPS) is 19.5. The molecule has 0 aliphatic carbocycles. The van der Waals surface area contributed by atoms with Crippen LogP contribution >= 0.6 is 0 Å². The molecule has 1 atom stereocenters. The average Bonchev–Trinajstić information content (AvgIpc) is 3.19. The Labute approximate surface area is 135 Å². The Morgan fingerprint density at radius 1 is 1.30 bits per heavy atom. The quantitative estimate of drug-likeness (QED) is 0.832. The molecular formula is C15H21N3O4S. The van der Waals surface area contributed by atoms with Gasteiger partial charge >= 0.3 is 0 Å². The number of aryl methyl sites for hydroxylation is 3. The fraction of sp³-hybridized carbons (Fsp3) is 0.600. The van der Waals surface area contributed by atoms with Crippen molar-refractivity contribution in [1.29, 1.82) is 0 Å². The van der Waals surface area contributed by atoms with Crippen molar-refractivity contribution in [3.63, 3.8) is 0 Å². The van der Waals surface area contributed by atoms with E-state index in [1.165, 1.54) is 4.31 Å². The van der Waals surface area contributed by atoms with E-state index in [1.807, 2.05) is 6.07 Å². The van der Waals surface area contributed by atoms with Crippen LogP contribution in [0.1, 0.15) is 55.1 Å². The Morgan fingerprint density at radius 3 is 2.74 bits per heavy atom. The zero-order valence-electron chi connectivity index (χ0n) is 13.6. The smallest absolute Gasteiger partial charge is 0.249 e. The Morgan fingerprint density at radius 2 is 2.09 bits per heavy atom. The molecule has 0 unspecified atom stereocenters. The standard InChI is InChI=1S/C15H21N3O4S/c1-4-6-12-9-13(17-22-12)14-7-5-8-18(14)23(19,20)15-10(2)16-21-11(15)3/h9,14H,4-8H2,1-3H3/t14-/m1/s1. The molecule has 1 fully saturated rings. The van der Waals surface area contributed by atoms with E-state index in [0.717, 1.165) is 31.4 Å². The summed E-state index contributed by atoms with van der Waals surface area (Å²) in [5.74, 6) is 1.11. The van der Waals surface area contributed by atoms with E-state index in [-0.39, 0.29) is 10.9 Å². The molecule has 3 rings (SSSR count). The first kappa shape index (κ1) is 16.2. The van der Waals surface area contributed by atoms with Gasteiger partial charge in [0.25, 0.3) is 0 Å². The Kier molecular flexibility index (Phi) is 4.29. The van der Waals surface area contributed by atoms with Crippen molar-refractivity contribution in [2.75, 3.05) is 6.54 Å². The van der Waals surface area contributed by atoms with Gasteiger partial charge in [-0.3, -0.25) is 0 Å². The van der Waals surface area contributed by atoms with Gasteiger partial charge in [-0.25, -0.2) is 8.42 Å². The van der Waals surface area contributed by atoms with Crippen LogP contribution in [0.3, 0.4) is 0 Å². The number of hydrogen-bond donors (Lipinski definition) is 0. The van der Waals surface area contributed by atoms with Crippen LogP contribution in [0.25, 0.3) is 0 Å². The first-order chi connectivity index (χ1) is 10.9. The van der Waals surface area contributed by atoms with Crippen molar-refractivity contribution in [3.8, 4) is 0 Å². The van der Waals surface area contributed by atoms with E-state index >= 15 is 0 Å². The maximum atomic E-state index is 13.0. The number of aromatic nitrogens is 2. The minimum Gasteiger partial charge on any atom is -0.361 e. The summed E-state index contributed by atoms with van der Waals surface area (Å²) in [7, 11) is -3.66. The molecule has 2 aromatic rings. The van der Waals surface area contributed by atoms with Crippen molar-refractivity contribution in [2.45, 2.75) is 57.4 Å². The molecule has 3 heterocycles. The third kappa shape index (κ3) is 2.81. The Hall–Kier alpha value is -1.67. The van der Waals surface area contributed by atoms with Gasteiger partial charge in [0.2, 0.25) is 10.0 Å². The molecule has 0 aromatic carbocycles. The summed E-state index contributed by atoms with van der Waals surface area (Å²) in [6, 6.07) is 1.58. The second-order valence-corrected chi connectivity index (χ2v) is 7.72. The molecule has 0 radical (unpaired) electrons. The highest BCUT2D eigenvalue weighted by atomic mass is 32.2. The number of nitrogens with zero attached hydrogens (tertiary/aromatic N) is 3. The lowest BCUT2D eigenvalue weighted by Gasteiger charge is -2.22. The van der Waals surface area contributed by atoms with Crippen LogP contribution in [-0.4, -0.2) is 29.6 Å². The zero-order valence-corrected chi connectivity index (χ0v) is 14.4. The molecule has 8 heteroatoms. The van der Waals surface area contributed by atoms with Gasteiger partial charge in [-0.2, -0.15) is 4.31 Å². The lowest BCUT2D eigenvalue weighted by atomic mass is 10.1. The maximum Gasteiger partial charge on any atom is 0.249 e. The van der Waals surface area contributed by atoms with Crippen LogP contribution < -0.4 is 0 Å². The predicted octanol–water partition coefficient (Wildman–Crippen LogP) is 2.76. The molecule has 1 saturated heterocycles. The molecule has 1 aliphatic heterocycles. The molecule has 7 nitrogen and oxygen atoms in total. The van der Waals surface area contributed by atoms with Crippen LogP contribution in [0.15, 0.2) is 20.0 Å². The third-order valence-corrected chi connectivity index (χ3v) is 6.31. The summed E-state index contributed by atoms with van der Waals surface area (Å²) >= 11 is 0. The van der Waals surface area contributed by atoms with Gasteiger partial charge in [-0.15, -0.1) is 0 Å². The third-order valence-electron chi connectivity index (χ3n) is 4.15. The largest absolute Gasteiger partial charge is 0.361 e. The summed E-state index contributed by atoms with van der Waals surface area (Å²) in [6.45, 7) is 5.79. The second kappa shape index (κ2) is 6.09. The number of hydrogen-bond acceptors (Lipinski definition) is 6. The van der Waals surface area contributed by atoms with Gasteiger partial charge in [0, 0.05) is 19.0 Å². The lowest BCUT2D eigenvalue weighted by molar-refractivity contribution is 0.343. The Balaban J connectivity index is 1.94. The van der Waals surface area contributed by atoms with E-state index < -0.39 is 10.0 Å². The summed E-state index contributed by atoms with van der Waals surface area (Å²) in [5.41, 5.74) is 1.07. The summed E-state index contributed by atoms with van der Waals surface area (Å²) in [6.07, 6.45) is 3.29. The first-order valence-electron chi connectivity index (χ1n) is 7.85. The van der Waals surface area contributed by atoms with E-state index in [1.54, 1.807) is 13.8 Å². The van der Waals surface area contributed by atoms with Crippen LogP contribution in [0.5, 0.6) is 0 Å². The van der Waals surface area contributed by atoms with Crippen molar-refractivity contribution in [2.24, 2.45) is 0 Å².